The zero-order valence-electron chi connectivity index (χ0n) is 18.3. The van der Waals surface area contributed by atoms with Gasteiger partial charge in [0.25, 0.3) is 5.89 Å². The van der Waals surface area contributed by atoms with Gasteiger partial charge >= 0.3 is 6.03 Å². The number of ether oxygens (including phenoxy) is 1. The normalized spacial score (nSPS) is 16.3. The molecule has 3 aromatic rings. The smallest absolute Gasteiger partial charge is 0.322 e. The molecule has 0 saturated carbocycles. The Bertz CT molecular complexity index is 1150. The molecule has 1 aliphatic heterocycles. The van der Waals surface area contributed by atoms with Crippen molar-refractivity contribution in [3.8, 4) is 11.4 Å². The quantitative estimate of drug-likeness (QED) is 0.442. The van der Waals surface area contributed by atoms with E-state index in [9.17, 15) is 9.18 Å². The number of nitrogens with zero attached hydrogens (tertiary/aromatic N) is 3. The maximum atomic E-state index is 13.3. The topological polar surface area (TPSA) is 80.5 Å². The van der Waals surface area contributed by atoms with Gasteiger partial charge in [0.05, 0.1) is 11.6 Å². The molecule has 0 aliphatic carbocycles. The van der Waals surface area contributed by atoms with Crippen molar-refractivity contribution < 1.29 is 18.4 Å². The average Bonchev–Trinajstić information content (AvgIpc) is 3.29. The highest BCUT2D eigenvalue weighted by atomic mass is 35.5. The van der Waals surface area contributed by atoms with Crippen molar-refractivity contribution in [1.29, 1.82) is 0 Å². The van der Waals surface area contributed by atoms with Crippen LogP contribution in [0.15, 0.2) is 58.8 Å². The number of nitrogens with one attached hydrogen (secondary N) is 1. The SMILES string of the molecule is CCOCCCN1C(=O)NC(c2ccc(Cl)cc2)C(c2nc(-c3ccc(F)cc3)no2)=C1C. The average molecular weight is 471 g/mol. The first-order valence-corrected chi connectivity index (χ1v) is 11.1. The first kappa shape index (κ1) is 22.9. The predicted octanol–water partition coefficient (Wildman–Crippen LogP) is 5.45. The highest BCUT2D eigenvalue weighted by molar-refractivity contribution is 6.30. The first-order chi connectivity index (χ1) is 16.0. The van der Waals surface area contributed by atoms with Gasteiger partial charge in [-0.2, -0.15) is 4.98 Å². The Labute approximate surface area is 196 Å². The Balaban J connectivity index is 1.73. The summed E-state index contributed by atoms with van der Waals surface area (Å²) in [5.41, 5.74) is 2.86. The molecule has 4 rings (SSSR count). The molecular weight excluding hydrogens is 447 g/mol. The van der Waals surface area contributed by atoms with Gasteiger partial charge < -0.3 is 14.6 Å². The fraction of sp³-hybridized carbons (Fsp3) is 0.292. The molecule has 33 heavy (non-hydrogen) atoms. The minimum absolute atomic E-state index is 0.217. The highest BCUT2D eigenvalue weighted by Crippen LogP contribution is 2.37. The zero-order chi connectivity index (χ0) is 23.4. The number of benzene rings is 2. The van der Waals surface area contributed by atoms with Gasteiger partial charge in [0.1, 0.15) is 5.82 Å². The third-order valence-electron chi connectivity index (χ3n) is 5.43. The number of urea groups is 1. The van der Waals surface area contributed by atoms with Crippen molar-refractivity contribution in [3.63, 3.8) is 0 Å². The van der Waals surface area contributed by atoms with Crippen LogP contribution in [0, 0.1) is 5.82 Å². The van der Waals surface area contributed by atoms with Crippen LogP contribution in [-0.2, 0) is 4.74 Å². The Morgan fingerprint density at radius 2 is 1.91 bits per heavy atom. The molecule has 2 amide bonds. The summed E-state index contributed by atoms with van der Waals surface area (Å²) < 4.78 is 24.3. The van der Waals surface area contributed by atoms with Crippen molar-refractivity contribution in [3.05, 3.63) is 76.5 Å². The fourth-order valence-electron chi connectivity index (χ4n) is 3.75. The van der Waals surface area contributed by atoms with Gasteiger partial charge in [0.2, 0.25) is 5.82 Å². The van der Waals surface area contributed by atoms with E-state index in [1.807, 2.05) is 26.0 Å². The van der Waals surface area contributed by atoms with Gasteiger partial charge in [-0.3, -0.25) is 4.90 Å². The summed E-state index contributed by atoms with van der Waals surface area (Å²) in [5, 5.41) is 7.72. The maximum absolute atomic E-state index is 13.3. The van der Waals surface area contributed by atoms with E-state index in [1.54, 1.807) is 29.2 Å². The number of hydrogen-bond donors (Lipinski definition) is 1. The van der Waals surface area contributed by atoms with E-state index in [0.29, 0.717) is 53.9 Å². The predicted molar refractivity (Wildman–Crippen MR) is 123 cm³/mol. The van der Waals surface area contributed by atoms with Crippen LogP contribution < -0.4 is 5.32 Å². The van der Waals surface area contributed by atoms with E-state index in [1.165, 1.54) is 12.1 Å². The van der Waals surface area contributed by atoms with Crippen LogP contribution in [0.1, 0.15) is 37.8 Å². The van der Waals surface area contributed by atoms with E-state index in [4.69, 9.17) is 20.9 Å². The number of halogens is 2. The van der Waals surface area contributed by atoms with Crippen LogP contribution >= 0.6 is 11.6 Å². The molecule has 0 fully saturated rings. The van der Waals surface area contributed by atoms with E-state index in [-0.39, 0.29) is 17.7 Å². The summed E-state index contributed by atoms with van der Waals surface area (Å²) in [7, 11) is 0. The third-order valence-corrected chi connectivity index (χ3v) is 5.68. The minimum atomic E-state index is -0.501. The molecule has 1 aromatic heterocycles. The number of carbonyl (C=O) groups excluding carboxylic acids is 1. The fourth-order valence-corrected chi connectivity index (χ4v) is 3.88. The van der Waals surface area contributed by atoms with E-state index in [0.717, 1.165) is 5.56 Å². The second-order valence-corrected chi connectivity index (χ2v) is 8.00. The molecule has 1 N–H and O–H groups in total. The van der Waals surface area contributed by atoms with Crippen LogP contribution in [0.25, 0.3) is 17.0 Å². The van der Waals surface area contributed by atoms with Crippen molar-refractivity contribution in [2.45, 2.75) is 26.3 Å². The second-order valence-electron chi connectivity index (χ2n) is 7.57. The van der Waals surface area contributed by atoms with Gasteiger partial charge in [0, 0.05) is 36.0 Å². The number of rotatable bonds is 8. The lowest BCUT2D eigenvalue weighted by atomic mass is 9.94. The minimum Gasteiger partial charge on any atom is -0.382 e. The lowest BCUT2D eigenvalue weighted by molar-refractivity contribution is 0.136. The van der Waals surface area contributed by atoms with E-state index < -0.39 is 6.04 Å². The number of hydrogen-bond acceptors (Lipinski definition) is 5. The van der Waals surface area contributed by atoms with Gasteiger partial charge in [-0.15, -0.1) is 0 Å². The molecule has 2 heterocycles. The van der Waals surface area contributed by atoms with Crippen LogP contribution in [0.5, 0.6) is 0 Å². The van der Waals surface area contributed by atoms with E-state index >= 15 is 0 Å². The van der Waals surface area contributed by atoms with Crippen molar-refractivity contribution >= 4 is 23.2 Å². The standard InChI is InChI=1S/C24H24ClFN4O3/c1-3-32-14-4-13-30-15(2)20(21(27-24(30)31)16-5-9-18(25)10-6-16)23-28-22(29-33-23)17-7-11-19(26)12-8-17/h5-12,21H,3-4,13-14H2,1-2H3,(H,27,31). The molecule has 1 unspecified atom stereocenters. The van der Waals surface area contributed by atoms with Crippen LogP contribution in [0.2, 0.25) is 5.02 Å². The molecule has 9 heteroatoms. The van der Waals surface area contributed by atoms with E-state index in [2.05, 4.69) is 15.5 Å². The van der Waals surface area contributed by atoms with Crippen LogP contribution in [-0.4, -0.2) is 40.8 Å². The van der Waals surface area contributed by atoms with Gasteiger partial charge in [-0.25, -0.2) is 9.18 Å². The van der Waals surface area contributed by atoms with Crippen molar-refractivity contribution in [1.82, 2.24) is 20.4 Å². The zero-order valence-corrected chi connectivity index (χ0v) is 19.1. The van der Waals surface area contributed by atoms with Crippen LogP contribution in [0.4, 0.5) is 9.18 Å². The van der Waals surface area contributed by atoms with Crippen LogP contribution in [0.3, 0.4) is 0 Å². The summed E-state index contributed by atoms with van der Waals surface area (Å²) in [6.07, 6.45) is 0.683. The van der Waals surface area contributed by atoms with Gasteiger partial charge in [0.15, 0.2) is 0 Å². The Hall–Kier alpha value is -3.23. The first-order valence-electron chi connectivity index (χ1n) is 10.7. The maximum Gasteiger partial charge on any atom is 0.322 e. The monoisotopic (exact) mass is 470 g/mol. The third kappa shape index (κ3) is 5.07. The van der Waals surface area contributed by atoms with Crippen molar-refractivity contribution in [2.75, 3.05) is 19.8 Å². The molecule has 2 aromatic carbocycles. The Morgan fingerprint density at radius 3 is 2.61 bits per heavy atom. The summed E-state index contributed by atoms with van der Waals surface area (Å²) in [5.74, 6) is 0.267. The molecule has 0 spiro atoms. The molecule has 172 valence electrons. The Morgan fingerprint density at radius 1 is 1.18 bits per heavy atom. The highest BCUT2D eigenvalue weighted by Gasteiger charge is 2.35. The molecule has 1 aliphatic rings. The molecular formula is C24H24ClFN4O3. The molecule has 1 atom stereocenters. The lowest BCUT2D eigenvalue weighted by Crippen LogP contribution is -2.46. The van der Waals surface area contributed by atoms with Gasteiger partial charge in [-0.05, 0) is 62.2 Å². The summed E-state index contributed by atoms with van der Waals surface area (Å²) >= 11 is 6.06. The molecule has 0 radical (unpaired) electrons. The molecule has 0 bridgehead atoms. The number of allylic oxidation sites excluding steroid dienone is 1. The Kier molecular flexibility index (Phi) is 7.05. The summed E-state index contributed by atoms with van der Waals surface area (Å²) in [6.45, 7) is 5.45. The largest absolute Gasteiger partial charge is 0.382 e. The summed E-state index contributed by atoms with van der Waals surface area (Å²) in [4.78, 5) is 19.2. The van der Waals surface area contributed by atoms with Crippen molar-refractivity contribution in [2.24, 2.45) is 0 Å². The summed E-state index contributed by atoms with van der Waals surface area (Å²) in [6, 6.07) is 12.4. The lowest BCUT2D eigenvalue weighted by Gasteiger charge is -2.35. The molecule has 0 saturated heterocycles. The molecule has 7 nitrogen and oxygen atoms in total. The number of aromatic nitrogens is 2. The van der Waals surface area contributed by atoms with Gasteiger partial charge in [-0.1, -0.05) is 28.9 Å². The number of amides is 2. The second kappa shape index (κ2) is 10.1. The number of carbonyl (C=O) groups is 1.